The van der Waals surface area contributed by atoms with Crippen LogP contribution in [0.2, 0.25) is 0 Å². The summed E-state index contributed by atoms with van der Waals surface area (Å²) < 4.78 is 5.89. The van der Waals surface area contributed by atoms with Crippen molar-refractivity contribution in [2.75, 3.05) is 6.61 Å². The molecule has 0 amide bonds. The molecule has 0 aromatic rings. The average molecular weight is 215 g/mol. The molecule has 1 aliphatic carbocycles. The van der Waals surface area contributed by atoms with Gasteiger partial charge in [0.1, 0.15) is 0 Å². The quantitative estimate of drug-likeness (QED) is 0.692. The first-order valence-corrected chi connectivity index (χ1v) is 5.72. The van der Waals surface area contributed by atoms with Crippen LogP contribution in [0.1, 0.15) is 46.5 Å². The second-order valence-corrected chi connectivity index (χ2v) is 5.57. The van der Waals surface area contributed by atoms with Crippen molar-refractivity contribution in [3.05, 3.63) is 0 Å². The molecule has 0 radical (unpaired) electrons. The first-order chi connectivity index (χ1) is 6.39. The monoisotopic (exact) mass is 215 g/mol. The van der Waals surface area contributed by atoms with Gasteiger partial charge < -0.3 is 10.5 Å². The Balaban J connectivity index is 2.34. The van der Waals surface area contributed by atoms with Gasteiger partial charge in [-0.2, -0.15) is 0 Å². The summed E-state index contributed by atoms with van der Waals surface area (Å²) in [6, 6.07) is 0. The van der Waals surface area contributed by atoms with Crippen molar-refractivity contribution in [2.24, 2.45) is 11.1 Å². The Kier molecular flexibility index (Phi) is 3.53. The van der Waals surface area contributed by atoms with Crippen LogP contribution in [0.3, 0.4) is 0 Å². The maximum atomic E-state index is 5.89. The third-order valence-corrected chi connectivity index (χ3v) is 3.27. The van der Waals surface area contributed by atoms with Gasteiger partial charge in [0.15, 0.2) is 0 Å². The van der Waals surface area contributed by atoms with E-state index in [0.29, 0.717) is 4.99 Å². The number of nitrogens with two attached hydrogens (primary N) is 1. The topological polar surface area (TPSA) is 35.2 Å². The molecule has 1 fully saturated rings. The highest BCUT2D eigenvalue weighted by Gasteiger charge is 2.44. The molecular weight excluding hydrogens is 194 g/mol. The molecule has 2 nitrogen and oxygen atoms in total. The van der Waals surface area contributed by atoms with Crippen molar-refractivity contribution in [3.8, 4) is 0 Å². The van der Waals surface area contributed by atoms with E-state index >= 15 is 0 Å². The fourth-order valence-corrected chi connectivity index (χ4v) is 1.68. The van der Waals surface area contributed by atoms with Crippen LogP contribution in [0, 0.1) is 5.41 Å². The lowest BCUT2D eigenvalue weighted by atomic mass is 10.0. The summed E-state index contributed by atoms with van der Waals surface area (Å²) >= 11 is 4.94. The van der Waals surface area contributed by atoms with Crippen LogP contribution in [0.4, 0.5) is 0 Å². The van der Waals surface area contributed by atoms with Crippen LogP contribution >= 0.6 is 12.2 Å². The van der Waals surface area contributed by atoms with Gasteiger partial charge in [-0.15, -0.1) is 0 Å². The Hall–Kier alpha value is -0.150. The molecule has 1 aliphatic rings. The molecule has 0 heterocycles. The molecule has 82 valence electrons. The van der Waals surface area contributed by atoms with Crippen LogP contribution in [0.25, 0.3) is 0 Å². The Morgan fingerprint density at radius 1 is 1.50 bits per heavy atom. The van der Waals surface area contributed by atoms with E-state index in [9.17, 15) is 0 Å². The van der Waals surface area contributed by atoms with Crippen molar-refractivity contribution in [3.63, 3.8) is 0 Å². The molecule has 1 rings (SSSR count). The van der Waals surface area contributed by atoms with E-state index in [0.717, 1.165) is 19.4 Å². The molecule has 0 aromatic heterocycles. The van der Waals surface area contributed by atoms with Gasteiger partial charge in [-0.3, -0.25) is 0 Å². The normalized spacial score (nSPS) is 19.4. The van der Waals surface area contributed by atoms with E-state index in [1.54, 1.807) is 0 Å². The number of rotatable bonds is 6. The third kappa shape index (κ3) is 3.54. The zero-order chi connectivity index (χ0) is 10.8. The highest BCUT2D eigenvalue weighted by atomic mass is 32.1. The summed E-state index contributed by atoms with van der Waals surface area (Å²) in [5.74, 6) is 0. The number of hydrogen-bond acceptors (Lipinski definition) is 2. The van der Waals surface area contributed by atoms with Crippen LogP contribution in [0.15, 0.2) is 0 Å². The highest BCUT2D eigenvalue weighted by molar-refractivity contribution is 7.80. The number of ether oxygens (including phenoxy) is 1. The lowest BCUT2D eigenvalue weighted by Gasteiger charge is -2.26. The maximum absolute atomic E-state index is 5.89. The van der Waals surface area contributed by atoms with Crippen molar-refractivity contribution < 1.29 is 4.74 Å². The first-order valence-electron chi connectivity index (χ1n) is 5.31. The molecule has 0 aromatic carbocycles. The summed E-state index contributed by atoms with van der Waals surface area (Å²) in [5.41, 5.74) is 5.85. The van der Waals surface area contributed by atoms with E-state index in [1.807, 2.05) is 0 Å². The third-order valence-electron chi connectivity index (χ3n) is 3.13. The zero-order valence-electron chi connectivity index (χ0n) is 9.43. The van der Waals surface area contributed by atoms with Gasteiger partial charge in [0.05, 0.1) is 17.2 Å². The smallest absolute Gasteiger partial charge is 0.0733 e. The Morgan fingerprint density at radius 2 is 2.07 bits per heavy atom. The van der Waals surface area contributed by atoms with Crippen LogP contribution in [-0.2, 0) is 4.74 Å². The van der Waals surface area contributed by atoms with Gasteiger partial charge in [0, 0.05) is 11.8 Å². The summed E-state index contributed by atoms with van der Waals surface area (Å²) in [6.07, 6.45) is 4.31. The molecule has 14 heavy (non-hydrogen) atoms. The average Bonchev–Trinajstić information content (AvgIpc) is 2.82. The van der Waals surface area contributed by atoms with Gasteiger partial charge >= 0.3 is 0 Å². The minimum Gasteiger partial charge on any atom is -0.393 e. The van der Waals surface area contributed by atoms with Crippen molar-refractivity contribution in [2.45, 2.75) is 52.1 Å². The van der Waals surface area contributed by atoms with Crippen molar-refractivity contribution in [1.29, 1.82) is 0 Å². The number of thiocarbonyl (C=S) groups is 1. The first kappa shape index (κ1) is 11.9. The van der Waals surface area contributed by atoms with Gasteiger partial charge in [-0.25, -0.2) is 0 Å². The highest BCUT2D eigenvalue weighted by Crippen LogP contribution is 2.49. The fraction of sp³-hybridized carbons (Fsp3) is 0.909. The summed E-state index contributed by atoms with van der Waals surface area (Å²) in [4.78, 5) is 0.625. The van der Waals surface area contributed by atoms with Gasteiger partial charge in [-0.1, -0.05) is 19.1 Å². The van der Waals surface area contributed by atoms with E-state index in [4.69, 9.17) is 22.7 Å². The van der Waals surface area contributed by atoms with E-state index in [2.05, 4.69) is 20.8 Å². The molecular formula is C11H21NOS. The van der Waals surface area contributed by atoms with E-state index in [-0.39, 0.29) is 11.0 Å². The molecule has 0 atom stereocenters. The molecule has 0 saturated heterocycles. The SMILES string of the molecule is CCC(C)(C)OCC1(CC(N)=S)CC1. The van der Waals surface area contributed by atoms with Gasteiger partial charge in [-0.05, 0) is 33.1 Å². The minimum atomic E-state index is -0.00813. The standard InChI is InChI=1S/C11H21NOS/c1-4-10(2,3)13-8-11(5-6-11)7-9(12)14/h4-8H2,1-3H3,(H2,12,14). The lowest BCUT2D eigenvalue weighted by molar-refractivity contribution is -0.0417. The fourth-order valence-electron chi connectivity index (χ4n) is 1.37. The zero-order valence-corrected chi connectivity index (χ0v) is 10.2. The number of hydrogen-bond donors (Lipinski definition) is 1. The molecule has 0 spiro atoms. The Bertz CT molecular complexity index is 221. The molecule has 3 heteroatoms. The van der Waals surface area contributed by atoms with E-state index in [1.165, 1.54) is 12.8 Å². The minimum absolute atomic E-state index is 0.00813. The molecule has 2 N–H and O–H groups in total. The predicted octanol–water partition coefficient (Wildman–Crippen LogP) is 2.65. The lowest BCUT2D eigenvalue weighted by Crippen LogP contribution is -2.28. The second kappa shape index (κ2) is 4.15. The molecule has 0 aliphatic heterocycles. The molecule has 0 bridgehead atoms. The maximum Gasteiger partial charge on any atom is 0.0733 e. The van der Waals surface area contributed by atoms with Gasteiger partial charge in [0.25, 0.3) is 0 Å². The summed E-state index contributed by atoms with van der Waals surface area (Å²) in [5, 5.41) is 0. The molecule has 1 saturated carbocycles. The van der Waals surface area contributed by atoms with E-state index < -0.39 is 0 Å². The van der Waals surface area contributed by atoms with Crippen molar-refractivity contribution >= 4 is 17.2 Å². The Labute approximate surface area is 92.2 Å². The largest absolute Gasteiger partial charge is 0.393 e. The van der Waals surface area contributed by atoms with Crippen LogP contribution < -0.4 is 5.73 Å². The summed E-state index contributed by atoms with van der Waals surface area (Å²) in [7, 11) is 0. The second-order valence-electron chi connectivity index (χ2n) is 5.05. The predicted molar refractivity (Wildman–Crippen MR) is 63.4 cm³/mol. The summed E-state index contributed by atoms with van der Waals surface area (Å²) in [6.45, 7) is 7.21. The molecule has 0 unspecified atom stereocenters. The Morgan fingerprint density at radius 3 is 2.43 bits per heavy atom. The van der Waals surface area contributed by atoms with Crippen LogP contribution in [0.5, 0.6) is 0 Å². The van der Waals surface area contributed by atoms with Crippen molar-refractivity contribution in [1.82, 2.24) is 0 Å². The van der Waals surface area contributed by atoms with Gasteiger partial charge in [0.2, 0.25) is 0 Å². The van der Waals surface area contributed by atoms with Crippen LogP contribution in [-0.4, -0.2) is 17.2 Å².